The molecule has 1 aromatic carbocycles. The molecular weight excluding hydrogens is 435 g/mol. The molecule has 9 heteroatoms. The second-order valence-corrected chi connectivity index (χ2v) is 8.53. The van der Waals surface area contributed by atoms with Gasteiger partial charge in [-0.15, -0.1) is 0 Å². The van der Waals surface area contributed by atoms with Crippen molar-refractivity contribution in [2.45, 2.75) is 25.4 Å². The van der Waals surface area contributed by atoms with Crippen LogP contribution in [0, 0.1) is 12.7 Å². The van der Waals surface area contributed by atoms with E-state index in [2.05, 4.69) is 25.7 Å². The van der Waals surface area contributed by atoms with E-state index < -0.39 is 6.04 Å². The Kier molecular flexibility index (Phi) is 5.93. The van der Waals surface area contributed by atoms with Crippen LogP contribution in [-0.2, 0) is 11.8 Å². The molecule has 8 nitrogen and oxygen atoms in total. The standard InChI is InChI=1S/C25H25FN6O2/c1-15-3-4-16(9-20(15)26)24(18-12-28-32(2)13-18)31-25(33)21-6-5-17-11-27-23(10-22(17)30-21)29-19-7-8-34-14-19/h3-6,9-13,19,24H,7-8,14H2,1-2H3,(H,27,29)(H,31,33)/t19-,24-/m0/s1. The minimum atomic E-state index is -0.578. The number of anilines is 1. The highest BCUT2D eigenvalue weighted by Gasteiger charge is 2.21. The lowest BCUT2D eigenvalue weighted by Gasteiger charge is -2.18. The van der Waals surface area contributed by atoms with E-state index in [0.717, 1.165) is 24.0 Å². The highest BCUT2D eigenvalue weighted by atomic mass is 19.1. The Bertz CT molecular complexity index is 1350. The van der Waals surface area contributed by atoms with E-state index in [9.17, 15) is 9.18 Å². The van der Waals surface area contributed by atoms with Gasteiger partial charge in [0, 0.05) is 43.1 Å². The molecule has 1 fully saturated rings. The van der Waals surface area contributed by atoms with Gasteiger partial charge in [-0.2, -0.15) is 5.10 Å². The first-order valence-corrected chi connectivity index (χ1v) is 11.1. The van der Waals surface area contributed by atoms with Crippen LogP contribution in [0.15, 0.2) is 55.0 Å². The number of carbonyl (C=O) groups is 1. The molecule has 0 radical (unpaired) electrons. The van der Waals surface area contributed by atoms with E-state index in [4.69, 9.17) is 4.74 Å². The number of carbonyl (C=O) groups excluding carboxylic acids is 1. The number of pyridine rings is 2. The van der Waals surface area contributed by atoms with Gasteiger partial charge in [0.15, 0.2) is 0 Å². The molecule has 1 aliphatic rings. The van der Waals surface area contributed by atoms with E-state index in [0.29, 0.717) is 29.1 Å². The fraction of sp³-hybridized carbons (Fsp3) is 0.280. The zero-order chi connectivity index (χ0) is 23.7. The van der Waals surface area contributed by atoms with Crippen LogP contribution in [0.5, 0.6) is 0 Å². The molecule has 0 saturated carbocycles. The summed E-state index contributed by atoms with van der Waals surface area (Å²) in [5.74, 6) is -0.00617. The highest BCUT2D eigenvalue weighted by Crippen LogP contribution is 2.25. The molecular formula is C25H25FN6O2. The Morgan fingerprint density at radius 2 is 2.09 bits per heavy atom. The largest absolute Gasteiger partial charge is 0.379 e. The molecule has 5 rings (SSSR count). The quantitative estimate of drug-likeness (QED) is 0.457. The van der Waals surface area contributed by atoms with Crippen LogP contribution < -0.4 is 10.6 Å². The minimum absolute atomic E-state index is 0.214. The lowest BCUT2D eigenvalue weighted by atomic mass is 9.99. The first-order valence-electron chi connectivity index (χ1n) is 11.1. The van der Waals surface area contributed by atoms with Crippen LogP contribution in [0.2, 0.25) is 0 Å². The maximum absolute atomic E-state index is 14.3. The molecule has 3 aromatic heterocycles. The summed E-state index contributed by atoms with van der Waals surface area (Å²) in [7, 11) is 1.79. The summed E-state index contributed by atoms with van der Waals surface area (Å²) in [6.45, 7) is 3.08. The predicted octanol–water partition coefficient (Wildman–Crippen LogP) is 3.53. The molecule has 0 aliphatic carbocycles. The molecule has 4 aromatic rings. The van der Waals surface area contributed by atoms with E-state index in [1.54, 1.807) is 55.4 Å². The van der Waals surface area contributed by atoms with Crippen LogP contribution >= 0.6 is 0 Å². The molecule has 0 unspecified atom stereocenters. The van der Waals surface area contributed by atoms with Crippen LogP contribution in [0.3, 0.4) is 0 Å². The third kappa shape index (κ3) is 4.60. The van der Waals surface area contributed by atoms with Gasteiger partial charge in [-0.05, 0) is 42.7 Å². The SMILES string of the molecule is Cc1ccc([C@H](NC(=O)c2ccc3cnc(N[C@H]4CCOC4)cc3n2)c2cnn(C)c2)cc1F. The lowest BCUT2D eigenvalue weighted by Crippen LogP contribution is -2.30. The van der Waals surface area contributed by atoms with Gasteiger partial charge in [0.25, 0.3) is 5.91 Å². The number of benzene rings is 1. The van der Waals surface area contributed by atoms with Crippen molar-refractivity contribution in [2.24, 2.45) is 7.05 Å². The summed E-state index contributed by atoms with van der Waals surface area (Å²) in [6.07, 6.45) is 6.11. The van der Waals surface area contributed by atoms with Crippen molar-refractivity contribution in [3.63, 3.8) is 0 Å². The van der Waals surface area contributed by atoms with Gasteiger partial charge in [-0.3, -0.25) is 9.48 Å². The number of nitrogens with zero attached hydrogens (tertiary/aromatic N) is 4. The third-order valence-corrected chi connectivity index (χ3v) is 5.95. The average molecular weight is 461 g/mol. The van der Waals surface area contributed by atoms with Gasteiger partial charge >= 0.3 is 0 Å². The van der Waals surface area contributed by atoms with Crippen molar-refractivity contribution in [2.75, 3.05) is 18.5 Å². The van der Waals surface area contributed by atoms with Crippen LogP contribution in [0.1, 0.15) is 39.6 Å². The van der Waals surface area contributed by atoms with Crippen molar-refractivity contribution in [1.82, 2.24) is 25.1 Å². The summed E-state index contributed by atoms with van der Waals surface area (Å²) >= 11 is 0. The zero-order valence-corrected chi connectivity index (χ0v) is 19.0. The molecule has 2 N–H and O–H groups in total. The Labute approximate surface area is 196 Å². The maximum atomic E-state index is 14.3. The Hall–Kier alpha value is -3.85. The van der Waals surface area contributed by atoms with E-state index >= 15 is 0 Å². The van der Waals surface area contributed by atoms with Gasteiger partial charge in [0.1, 0.15) is 17.3 Å². The number of rotatable bonds is 6. The average Bonchev–Trinajstić information content (AvgIpc) is 3.50. The number of hydrogen-bond acceptors (Lipinski definition) is 6. The number of halogens is 1. The first-order chi connectivity index (χ1) is 16.5. The number of ether oxygens (including phenoxy) is 1. The van der Waals surface area contributed by atoms with Crippen LogP contribution in [0.25, 0.3) is 10.9 Å². The smallest absolute Gasteiger partial charge is 0.270 e. The Morgan fingerprint density at radius 1 is 1.21 bits per heavy atom. The normalized spacial score (nSPS) is 16.5. The summed E-state index contributed by atoms with van der Waals surface area (Å²) in [5, 5.41) is 11.4. The Morgan fingerprint density at radius 3 is 2.82 bits per heavy atom. The van der Waals surface area contributed by atoms with Gasteiger partial charge < -0.3 is 15.4 Å². The summed E-state index contributed by atoms with van der Waals surface area (Å²) in [6, 6.07) is 9.89. The molecule has 1 amide bonds. The number of amides is 1. The molecule has 2 atom stereocenters. The number of aryl methyl sites for hydroxylation is 2. The summed E-state index contributed by atoms with van der Waals surface area (Å²) < 4.78 is 21.4. The minimum Gasteiger partial charge on any atom is -0.379 e. The van der Waals surface area contributed by atoms with Gasteiger partial charge in [0.05, 0.1) is 30.4 Å². The molecule has 4 heterocycles. The van der Waals surface area contributed by atoms with Crippen molar-refractivity contribution in [3.05, 3.63) is 83.2 Å². The number of hydrogen-bond donors (Lipinski definition) is 2. The van der Waals surface area contributed by atoms with E-state index in [1.165, 1.54) is 6.07 Å². The van der Waals surface area contributed by atoms with E-state index in [-0.39, 0.29) is 23.5 Å². The predicted molar refractivity (Wildman–Crippen MR) is 126 cm³/mol. The number of nitrogens with one attached hydrogen (secondary N) is 2. The molecule has 0 spiro atoms. The number of fused-ring (bicyclic) bond motifs is 1. The van der Waals surface area contributed by atoms with Crippen molar-refractivity contribution in [3.8, 4) is 0 Å². The third-order valence-electron chi connectivity index (χ3n) is 5.95. The van der Waals surface area contributed by atoms with Crippen LogP contribution in [0.4, 0.5) is 10.2 Å². The van der Waals surface area contributed by atoms with E-state index in [1.807, 2.05) is 12.1 Å². The highest BCUT2D eigenvalue weighted by molar-refractivity contribution is 5.95. The van der Waals surface area contributed by atoms with Crippen molar-refractivity contribution < 1.29 is 13.9 Å². The first kappa shape index (κ1) is 22.0. The van der Waals surface area contributed by atoms with Gasteiger partial charge in [-0.25, -0.2) is 14.4 Å². The summed E-state index contributed by atoms with van der Waals surface area (Å²) in [5.41, 5.74) is 2.83. The second-order valence-electron chi connectivity index (χ2n) is 8.53. The zero-order valence-electron chi connectivity index (χ0n) is 19.0. The maximum Gasteiger partial charge on any atom is 0.270 e. The number of aromatic nitrogens is 4. The van der Waals surface area contributed by atoms with Crippen molar-refractivity contribution in [1.29, 1.82) is 0 Å². The van der Waals surface area contributed by atoms with Gasteiger partial charge in [0.2, 0.25) is 0 Å². The van der Waals surface area contributed by atoms with Crippen LogP contribution in [-0.4, -0.2) is 44.9 Å². The fourth-order valence-electron chi connectivity index (χ4n) is 4.02. The monoisotopic (exact) mass is 460 g/mol. The topological polar surface area (TPSA) is 94.0 Å². The van der Waals surface area contributed by atoms with Gasteiger partial charge in [-0.1, -0.05) is 12.1 Å². The lowest BCUT2D eigenvalue weighted by molar-refractivity contribution is 0.0938. The molecule has 174 valence electrons. The van der Waals surface area contributed by atoms with Crippen molar-refractivity contribution >= 4 is 22.6 Å². The fourth-order valence-corrected chi connectivity index (χ4v) is 4.02. The Balaban J connectivity index is 1.42. The summed E-state index contributed by atoms with van der Waals surface area (Å²) in [4.78, 5) is 22.2. The molecule has 0 bridgehead atoms. The molecule has 34 heavy (non-hydrogen) atoms. The molecule has 1 aliphatic heterocycles. The second kappa shape index (κ2) is 9.18. The molecule has 1 saturated heterocycles.